The van der Waals surface area contributed by atoms with Gasteiger partial charge in [-0.05, 0) is 75.9 Å². The van der Waals surface area contributed by atoms with E-state index in [2.05, 4.69) is 4.90 Å². The van der Waals surface area contributed by atoms with Gasteiger partial charge in [0.1, 0.15) is 0 Å². The molecule has 3 rings (SSSR count). The van der Waals surface area contributed by atoms with Gasteiger partial charge in [-0.25, -0.2) is 0 Å². The van der Waals surface area contributed by atoms with Crippen molar-refractivity contribution in [3.05, 3.63) is 33.4 Å². The maximum atomic E-state index is 11.3. The SMILES string of the molecule is COc1c([N+](=O)[O-])ccc2c1CCCC(N1CCCCC(CCO)CCC1)C2. The van der Waals surface area contributed by atoms with Crippen LogP contribution in [0, 0.1) is 16.0 Å². The number of fused-ring (bicyclic) bond motifs is 1. The van der Waals surface area contributed by atoms with Crippen LogP contribution in [0.5, 0.6) is 5.75 Å². The lowest BCUT2D eigenvalue weighted by atomic mass is 9.94. The van der Waals surface area contributed by atoms with Gasteiger partial charge in [-0.3, -0.25) is 10.1 Å². The molecule has 0 amide bonds. The minimum atomic E-state index is -0.341. The minimum absolute atomic E-state index is 0.0809. The molecule has 1 saturated heterocycles. The lowest BCUT2D eigenvalue weighted by molar-refractivity contribution is -0.385. The van der Waals surface area contributed by atoms with Gasteiger partial charge in [-0.1, -0.05) is 18.9 Å². The molecule has 156 valence electrons. The molecule has 0 radical (unpaired) electrons. The first kappa shape index (κ1) is 21.1. The van der Waals surface area contributed by atoms with Gasteiger partial charge in [-0.2, -0.15) is 0 Å². The van der Waals surface area contributed by atoms with Crippen LogP contribution in [0.15, 0.2) is 12.1 Å². The maximum Gasteiger partial charge on any atom is 0.311 e. The number of methoxy groups -OCH3 is 1. The Morgan fingerprint density at radius 1 is 1.18 bits per heavy atom. The zero-order valence-electron chi connectivity index (χ0n) is 17.1. The highest BCUT2D eigenvalue weighted by atomic mass is 16.6. The number of hydrogen-bond donors (Lipinski definition) is 1. The summed E-state index contributed by atoms with van der Waals surface area (Å²) in [7, 11) is 1.54. The largest absolute Gasteiger partial charge is 0.490 e. The van der Waals surface area contributed by atoms with Gasteiger partial charge in [0.05, 0.1) is 12.0 Å². The lowest BCUT2D eigenvalue weighted by Gasteiger charge is -2.31. The van der Waals surface area contributed by atoms with E-state index in [1.165, 1.54) is 44.8 Å². The van der Waals surface area contributed by atoms with E-state index in [-0.39, 0.29) is 10.6 Å². The van der Waals surface area contributed by atoms with Gasteiger partial charge in [-0.15, -0.1) is 0 Å². The molecule has 0 spiro atoms. The van der Waals surface area contributed by atoms with Crippen LogP contribution in [-0.4, -0.2) is 47.8 Å². The molecule has 2 atom stereocenters. The molecule has 6 nitrogen and oxygen atoms in total. The van der Waals surface area contributed by atoms with Gasteiger partial charge in [0.2, 0.25) is 0 Å². The van der Waals surface area contributed by atoms with Crippen LogP contribution in [0.2, 0.25) is 0 Å². The zero-order valence-corrected chi connectivity index (χ0v) is 17.1. The third kappa shape index (κ3) is 5.03. The standard InChI is InChI=1S/C22H34N2O4/c1-28-22-20-9-4-8-19(16-18(20)10-11-21(22)24(26)27)23-13-3-2-6-17(12-15-25)7-5-14-23/h10-11,17,19,25H,2-9,12-16H2,1H3. The van der Waals surface area contributed by atoms with Gasteiger partial charge in [0.25, 0.3) is 0 Å². The van der Waals surface area contributed by atoms with Crippen LogP contribution in [0.3, 0.4) is 0 Å². The molecule has 1 aliphatic carbocycles. The summed E-state index contributed by atoms with van der Waals surface area (Å²) < 4.78 is 5.45. The van der Waals surface area contributed by atoms with Crippen molar-refractivity contribution in [3.63, 3.8) is 0 Å². The first-order valence-corrected chi connectivity index (χ1v) is 10.8. The topological polar surface area (TPSA) is 75.8 Å². The Morgan fingerprint density at radius 2 is 1.96 bits per heavy atom. The predicted octanol–water partition coefficient (Wildman–Crippen LogP) is 4.12. The Balaban J connectivity index is 1.73. The number of nitrogens with zero attached hydrogens (tertiary/aromatic N) is 2. The third-order valence-corrected chi connectivity index (χ3v) is 6.58. The summed E-state index contributed by atoms with van der Waals surface area (Å²) in [4.78, 5) is 13.7. The van der Waals surface area contributed by atoms with Crippen LogP contribution in [0.1, 0.15) is 62.5 Å². The fourth-order valence-electron chi connectivity index (χ4n) is 5.10. The van der Waals surface area contributed by atoms with Gasteiger partial charge < -0.3 is 14.7 Å². The third-order valence-electron chi connectivity index (χ3n) is 6.58. The highest BCUT2D eigenvalue weighted by Gasteiger charge is 2.28. The lowest BCUT2D eigenvalue weighted by Crippen LogP contribution is -2.38. The molecule has 28 heavy (non-hydrogen) atoms. The Morgan fingerprint density at radius 3 is 2.71 bits per heavy atom. The number of hydrogen-bond acceptors (Lipinski definition) is 5. The van der Waals surface area contributed by atoms with Crippen LogP contribution >= 0.6 is 0 Å². The van der Waals surface area contributed by atoms with Crippen LogP contribution in [0.25, 0.3) is 0 Å². The Bertz CT molecular complexity index is 664. The fourth-order valence-corrected chi connectivity index (χ4v) is 5.10. The van der Waals surface area contributed by atoms with Crippen molar-refractivity contribution >= 4 is 5.69 Å². The minimum Gasteiger partial charge on any atom is -0.490 e. The second-order valence-corrected chi connectivity index (χ2v) is 8.32. The van der Waals surface area contributed by atoms with Crippen molar-refractivity contribution in [2.24, 2.45) is 5.92 Å². The quantitative estimate of drug-likeness (QED) is 0.465. The maximum absolute atomic E-state index is 11.3. The summed E-state index contributed by atoms with van der Waals surface area (Å²) in [6.07, 6.45) is 11.0. The van der Waals surface area contributed by atoms with E-state index in [9.17, 15) is 15.2 Å². The summed E-state index contributed by atoms with van der Waals surface area (Å²) in [6, 6.07) is 4.06. The number of ether oxygens (including phenoxy) is 1. The second kappa shape index (κ2) is 10.2. The van der Waals surface area contributed by atoms with Gasteiger partial charge >= 0.3 is 5.69 Å². The van der Waals surface area contributed by atoms with E-state index in [0.717, 1.165) is 50.8 Å². The summed E-state index contributed by atoms with van der Waals surface area (Å²) in [6.45, 7) is 2.56. The van der Waals surface area contributed by atoms with E-state index in [4.69, 9.17) is 4.74 Å². The smallest absolute Gasteiger partial charge is 0.311 e. The van der Waals surface area contributed by atoms with Crippen molar-refractivity contribution in [3.8, 4) is 5.75 Å². The molecule has 2 unspecified atom stereocenters. The van der Waals surface area contributed by atoms with Crippen LogP contribution in [0.4, 0.5) is 5.69 Å². The first-order chi connectivity index (χ1) is 13.6. The molecular weight excluding hydrogens is 356 g/mol. The van der Waals surface area contributed by atoms with Crippen molar-refractivity contribution in [2.75, 3.05) is 26.8 Å². The average Bonchev–Trinajstić information content (AvgIpc) is 2.82. The Kier molecular flexibility index (Phi) is 7.68. The number of rotatable bonds is 5. The zero-order chi connectivity index (χ0) is 19.9. The predicted molar refractivity (Wildman–Crippen MR) is 110 cm³/mol. The number of nitro groups is 1. The summed E-state index contributed by atoms with van der Waals surface area (Å²) in [5, 5.41) is 20.6. The molecule has 2 aliphatic rings. The molecule has 6 heteroatoms. The van der Waals surface area contributed by atoms with Crippen LogP contribution in [-0.2, 0) is 12.8 Å². The normalized spacial score (nSPS) is 24.4. The van der Waals surface area contributed by atoms with E-state index in [1.807, 2.05) is 6.07 Å². The molecule has 1 aromatic carbocycles. The number of aliphatic hydroxyl groups is 1. The summed E-state index contributed by atoms with van der Waals surface area (Å²) >= 11 is 0. The van der Waals surface area contributed by atoms with Crippen LogP contribution < -0.4 is 4.74 Å². The highest BCUT2D eigenvalue weighted by molar-refractivity contribution is 5.55. The number of benzene rings is 1. The highest BCUT2D eigenvalue weighted by Crippen LogP contribution is 2.37. The number of nitro benzene ring substituents is 1. The monoisotopic (exact) mass is 390 g/mol. The number of aliphatic hydroxyl groups excluding tert-OH is 1. The molecular formula is C22H34N2O4. The molecule has 1 aromatic rings. The summed E-state index contributed by atoms with van der Waals surface area (Å²) in [5.41, 5.74) is 2.33. The molecule has 1 N–H and O–H groups in total. The van der Waals surface area contributed by atoms with E-state index in [1.54, 1.807) is 6.07 Å². The van der Waals surface area contributed by atoms with Crippen molar-refractivity contribution < 1.29 is 14.8 Å². The molecule has 1 fully saturated rings. The first-order valence-electron chi connectivity index (χ1n) is 10.8. The molecule has 1 aliphatic heterocycles. The second-order valence-electron chi connectivity index (χ2n) is 8.32. The molecule has 1 heterocycles. The van der Waals surface area contributed by atoms with E-state index >= 15 is 0 Å². The van der Waals surface area contributed by atoms with Crippen molar-refractivity contribution in [1.29, 1.82) is 0 Å². The molecule has 0 saturated carbocycles. The van der Waals surface area contributed by atoms with Crippen molar-refractivity contribution in [2.45, 2.75) is 70.3 Å². The Hall–Kier alpha value is -1.66. The average molecular weight is 391 g/mol. The van der Waals surface area contributed by atoms with E-state index < -0.39 is 0 Å². The summed E-state index contributed by atoms with van der Waals surface area (Å²) in [5.74, 6) is 1.13. The van der Waals surface area contributed by atoms with Gasteiger partial charge in [0, 0.05) is 24.3 Å². The fraction of sp³-hybridized carbons (Fsp3) is 0.727. The molecule has 0 aromatic heterocycles. The van der Waals surface area contributed by atoms with Crippen molar-refractivity contribution in [1.82, 2.24) is 4.90 Å². The van der Waals surface area contributed by atoms with E-state index in [0.29, 0.717) is 24.3 Å². The Labute approximate surface area is 168 Å². The molecule has 0 bridgehead atoms. The van der Waals surface area contributed by atoms with Gasteiger partial charge in [0.15, 0.2) is 5.75 Å².